The van der Waals surface area contributed by atoms with Gasteiger partial charge in [-0.25, -0.2) is 9.97 Å². The number of hydrogen-bond donors (Lipinski definition) is 1. The Morgan fingerprint density at radius 2 is 1.79 bits per heavy atom. The van der Waals surface area contributed by atoms with Gasteiger partial charge in [-0.05, 0) is 12.8 Å². The topological polar surface area (TPSA) is 60.7 Å². The number of methoxy groups -OCH3 is 2. The van der Waals surface area contributed by atoms with Crippen LogP contribution in [0.25, 0.3) is 16.6 Å². The first kappa shape index (κ1) is 15.1. The van der Waals surface area contributed by atoms with E-state index < -0.39 is 0 Å². The van der Waals surface area contributed by atoms with Crippen LogP contribution in [0.1, 0.15) is 32.1 Å². The predicted molar refractivity (Wildman–Crippen MR) is 94.1 cm³/mol. The number of nitrogens with zero attached hydrogens (tertiary/aromatic N) is 3. The van der Waals surface area contributed by atoms with Gasteiger partial charge < -0.3 is 14.8 Å². The number of aromatic nitrogens is 3. The zero-order valence-electron chi connectivity index (χ0n) is 14.1. The van der Waals surface area contributed by atoms with Gasteiger partial charge in [-0.15, -0.1) is 0 Å². The van der Waals surface area contributed by atoms with Crippen molar-refractivity contribution in [3.63, 3.8) is 0 Å². The fourth-order valence-electron chi connectivity index (χ4n) is 3.53. The third-order valence-corrected chi connectivity index (χ3v) is 4.80. The van der Waals surface area contributed by atoms with Gasteiger partial charge in [0.05, 0.1) is 37.8 Å². The fraction of sp³-hybridized carbons (Fsp3) is 0.444. The minimum absolute atomic E-state index is 0.488. The van der Waals surface area contributed by atoms with Crippen LogP contribution < -0.4 is 14.8 Å². The van der Waals surface area contributed by atoms with Crippen LogP contribution in [0.4, 0.5) is 5.82 Å². The normalized spacial score (nSPS) is 15.8. The SMILES string of the molecule is COc1cc2nc(NC3CCCCC3)c3cncn3c2cc1OC. The second kappa shape index (κ2) is 6.19. The van der Waals surface area contributed by atoms with E-state index in [0.717, 1.165) is 22.4 Å². The molecular weight excluding hydrogens is 304 g/mol. The molecule has 0 atom stereocenters. The second-order valence-corrected chi connectivity index (χ2v) is 6.28. The molecule has 0 radical (unpaired) electrons. The summed E-state index contributed by atoms with van der Waals surface area (Å²) in [5.41, 5.74) is 2.80. The Kier molecular flexibility index (Phi) is 3.88. The average molecular weight is 326 g/mol. The third-order valence-electron chi connectivity index (χ3n) is 4.80. The highest BCUT2D eigenvalue weighted by molar-refractivity contribution is 5.86. The highest BCUT2D eigenvalue weighted by Crippen LogP contribution is 2.33. The molecule has 1 saturated carbocycles. The molecule has 6 nitrogen and oxygen atoms in total. The molecule has 2 aromatic heterocycles. The van der Waals surface area contributed by atoms with Gasteiger partial charge in [0.25, 0.3) is 0 Å². The zero-order valence-corrected chi connectivity index (χ0v) is 14.1. The molecule has 1 fully saturated rings. The molecule has 126 valence electrons. The van der Waals surface area contributed by atoms with E-state index in [1.54, 1.807) is 14.2 Å². The standard InChI is InChI=1S/C18H22N4O2/c1-23-16-8-13-14(9-17(16)24-2)22-11-19-10-15(22)18(21-13)20-12-6-4-3-5-7-12/h8-12H,3-7H2,1-2H3,(H,20,21). The second-order valence-electron chi connectivity index (χ2n) is 6.28. The van der Waals surface area contributed by atoms with Gasteiger partial charge in [0.1, 0.15) is 5.52 Å². The van der Waals surface area contributed by atoms with Gasteiger partial charge in [0, 0.05) is 18.2 Å². The smallest absolute Gasteiger partial charge is 0.163 e. The Bertz CT molecular complexity index is 868. The molecule has 2 heterocycles. The van der Waals surface area contributed by atoms with E-state index in [2.05, 4.69) is 14.7 Å². The number of nitrogens with one attached hydrogen (secondary N) is 1. The van der Waals surface area contributed by atoms with Crippen molar-refractivity contribution in [2.24, 2.45) is 0 Å². The van der Waals surface area contributed by atoms with Crippen molar-refractivity contribution in [3.05, 3.63) is 24.7 Å². The number of benzene rings is 1. The van der Waals surface area contributed by atoms with Crippen LogP contribution in [-0.4, -0.2) is 34.6 Å². The van der Waals surface area contributed by atoms with Gasteiger partial charge >= 0.3 is 0 Å². The summed E-state index contributed by atoms with van der Waals surface area (Å²) in [6, 6.07) is 4.35. The molecule has 0 aliphatic heterocycles. The molecular formula is C18H22N4O2. The van der Waals surface area contributed by atoms with Crippen LogP contribution in [0.3, 0.4) is 0 Å². The number of hydrogen-bond acceptors (Lipinski definition) is 5. The van der Waals surface area contributed by atoms with Crippen LogP contribution >= 0.6 is 0 Å². The average Bonchev–Trinajstić information content (AvgIpc) is 3.12. The molecule has 0 unspecified atom stereocenters. The first-order chi connectivity index (χ1) is 11.8. The summed E-state index contributed by atoms with van der Waals surface area (Å²) in [4.78, 5) is 9.16. The maximum absolute atomic E-state index is 5.42. The van der Waals surface area contributed by atoms with Crippen LogP contribution in [-0.2, 0) is 0 Å². The number of imidazole rings is 1. The quantitative estimate of drug-likeness (QED) is 0.793. The van der Waals surface area contributed by atoms with Crippen molar-refractivity contribution in [1.82, 2.24) is 14.4 Å². The Balaban J connectivity index is 1.85. The molecule has 0 amide bonds. The number of ether oxygens (including phenoxy) is 2. The lowest BCUT2D eigenvalue weighted by atomic mass is 9.95. The molecule has 4 rings (SSSR count). The highest BCUT2D eigenvalue weighted by atomic mass is 16.5. The van der Waals surface area contributed by atoms with E-state index in [4.69, 9.17) is 14.5 Å². The van der Waals surface area contributed by atoms with E-state index in [1.807, 2.05) is 24.7 Å². The lowest BCUT2D eigenvalue weighted by Gasteiger charge is -2.24. The van der Waals surface area contributed by atoms with Crippen LogP contribution in [0.2, 0.25) is 0 Å². The molecule has 1 aromatic carbocycles. The number of anilines is 1. The monoisotopic (exact) mass is 326 g/mol. The van der Waals surface area contributed by atoms with Gasteiger partial charge in [-0.1, -0.05) is 19.3 Å². The minimum atomic E-state index is 0.488. The Hall–Kier alpha value is -2.50. The number of rotatable bonds is 4. The predicted octanol–water partition coefficient (Wildman–Crippen LogP) is 3.64. The summed E-state index contributed by atoms with van der Waals surface area (Å²) in [7, 11) is 3.28. The summed E-state index contributed by atoms with van der Waals surface area (Å²) < 4.78 is 12.9. The van der Waals surface area contributed by atoms with Gasteiger partial charge in [-0.2, -0.15) is 0 Å². The molecule has 24 heavy (non-hydrogen) atoms. The molecule has 0 saturated heterocycles. The molecule has 6 heteroatoms. The first-order valence-electron chi connectivity index (χ1n) is 8.44. The zero-order chi connectivity index (χ0) is 16.5. The van der Waals surface area contributed by atoms with Gasteiger partial charge in [0.15, 0.2) is 17.3 Å². The molecule has 3 aromatic rings. The molecule has 0 bridgehead atoms. The number of fused-ring (bicyclic) bond motifs is 3. The van der Waals surface area contributed by atoms with Crippen molar-refractivity contribution in [2.75, 3.05) is 19.5 Å². The van der Waals surface area contributed by atoms with Crippen molar-refractivity contribution < 1.29 is 9.47 Å². The minimum Gasteiger partial charge on any atom is -0.493 e. The van der Waals surface area contributed by atoms with E-state index in [9.17, 15) is 0 Å². The lowest BCUT2D eigenvalue weighted by Crippen LogP contribution is -2.23. The largest absolute Gasteiger partial charge is 0.493 e. The molecule has 1 aliphatic carbocycles. The van der Waals surface area contributed by atoms with Crippen LogP contribution in [0, 0.1) is 0 Å². The highest BCUT2D eigenvalue weighted by Gasteiger charge is 2.17. The van der Waals surface area contributed by atoms with Crippen LogP contribution in [0.15, 0.2) is 24.7 Å². The molecule has 0 spiro atoms. The maximum atomic E-state index is 5.42. The summed E-state index contributed by atoms with van der Waals surface area (Å²) >= 11 is 0. The Morgan fingerprint density at radius 1 is 1.04 bits per heavy atom. The van der Waals surface area contributed by atoms with Gasteiger partial charge in [-0.3, -0.25) is 4.40 Å². The summed E-state index contributed by atoms with van der Waals surface area (Å²) in [5.74, 6) is 2.26. The fourth-order valence-corrected chi connectivity index (χ4v) is 3.53. The van der Waals surface area contributed by atoms with Crippen LogP contribution in [0.5, 0.6) is 11.5 Å². The first-order valence-corrected chi connectivity index (χ1v) is 8.44. The van der Waals surface area contributed by atoms with E-state index in [-0.39, 0.29) is 0 Å². The Labute approximate surface area is 140 Å². The van der Waals surface area contributed by atoms with Crippen molar-refractivity contribution >= 4 is 22.4 Å². The van der Waals surface area contributed by atoms with Crippen molar-refractivity contribution in [3.8, 4) is 11.5 Å². The molecule has 1 N–H and O–H groups in total. The van der Waals surface area contributed by atoms with Crippen molar-refractivity contribution in [1.29, 1.82) is 0 Å². The van der Waals surface area contributed by atoms with Crippen molar-refractivity contribution in [2.45, 2.75) is 38.1 Å². The summed E-state index contributed by atoms with van der Waals surface area (Å²) in [5, 5.41) is 3.62. The Morgan fingerprint density at radius 3 is 2.54 bits per heavy atom. The van der Waals surface area contributed by atoms with E-state index >= 15 is 0 Å². The maximum Gasteiger partial charge on any atom is 0.163 e. The van der Waals surface area contributed by atoms with E-state index in [0.29, 0.717) is 17.5 Å². The summed E-state index contributed by atoms with van der Waals surface area (Å²) in [6.07, 6.45) is 9.98. The lowest BCUT2D eigenvalue weighted by molar-refractivity contribution is 0.355. The van der Waals surface area contributed by atoms with E-state index in [1.165, 1.54) is 32.1 Å². The summed E-state index contributed by atoms with van der Waals surface area (Å²) in [6.45, 7) is 0. The van der Waals surface area contributed by atoms with Gasteiger partial charge in [0.2, 0.25) is 0 Å². The molecule has 1 aliphatic rings. The third kappa shape index (κ3) is 2.52.